The number of non-ortho nitro benzene ring substituents is 1. The number of rotatable bonds is 4. The van der Waals surface area contributed by atoms with Gasteiger partial charge in [-0.15, -0.1) is 0 Å². The van der Waals surface area contributed by atoms with Gasteiger partial charge in [-0.05, 0) is 18.1 Å². The minimum absolute atomic E-state index is 0.113. The molecule has 0 amide bonds. The number of esters is 1. The Morgan fingerprint density at radius 1 is 1.44 bits per heavy atom. The predicted octanol–water partition coefficient (Wildman–Crippen LogP) is 0.471. The van der Waals surface area contributed by atoms with Crippen LogP contribution in [0.1, 0.15) is 17.2 Å². The first-order valence-electron chi connectivity index (χ1n) is 5.07. The van der Waals surface area contributed by atoms with Gasteiger partial charge in [0, 0.05) is 12.1 Å². The molecule has 0 aromatic heterocycles. The summed E-state index contributed by atoms with van der Waals surface area (Å²) in [6.07, 6.45) is -3.35. The van der Waals surface area contributed by atoms with E-state index in [9.17, 15) is 25.1 Å². The quantitative estimate of drug-likeness (QED) is 0.459. The van der Waals surface area contributed by atoms with E-state index in [4.69, 9.17) is 0 Å². The molecule has 7 nitrogen and oxygen atoms in total. The molecule has 0 radical (unpaired) electrons. The molecule has 0 spiro atoms. The largest absolute Gasteiger partial charge is 0.467 e. The van der Waals surface area contributed by atoms with Crippen molar-refractivity contribution in [2.45, 2.75) is 19.1 Å². The smallest absolute Gasteiger partial charge is 0.337 e. The second-order valence-electron chi connectivity index (χ2n) is 3.71. The number of aliphatic hydroxyl groups excluding tert-OH is 2. The van der Waals surface area contributed by atoms with Gasteiger partial charge in [0.05, 0.1) is 12.0 Å². The van der Waals surface area contributed by atoms with Crippen LogP contribution in [0.25, 0.3) is 0 Å². The van der Waals surface area contributed by atoms with Crippen LogP contribution in [0.4, 0.5) is 5.69 Å². The number of methoxy groups -OCH3 is 1. The third-order valence-electron chi connectivity index (χ3n) is 2.53. The summed E-state index contributed by atoms with van der Waals surface area (Å²) in [6, 6.07) is 3.82. The number of benzene rings is 1. The van der Waals surface area contributed by atoms with Crippen LogP contribution in [0, 0.1) is 17.0 Å². The van der Waals surface area contributed by atoms with Gasteiger partial charge in [0.1, 0.15) is 6.10 Å². The maximum Gasteiger partial charge on any atom is 0.337 e. The number of aryl methyl sites for hydroxylation is 1. The number of nitrogens with zero attached hydrogens (tertiary/aromatic N) is 1. The number of aliphatic hydroxyl groups is 2. The molecule has 7 heteroatoms. The Morgan fingerprint density at radius 2 is 2.06 bits per heavy atom. The second-order valence-corrected chi connectivity index (χ2v) is 3.71. The highest BCUT2D eigenvalue weighted by molar-refractivity contribution is 5.75. The first-order chi connectivity index (χ1) is 8.38. The minimum atomic E-state index is -1.78. The molecule has 0 aliphatic heterocycles. The molecule has 0 aliphatic rings. The summed E-state index contributed by atoms with van der Waals surface area (Å²) in [7, 11) is 1.07. The zero-order chi connectivity index (χ0) is 13.9. The van der Waals surface area contributed by atoms with Gasteiger partial charge >= 0.3 is 5.97 Å². The van der Waals surface area contributed by atoms with Crippen molar-refractivity contribution >= 4 is 11.7 Å². The third kappa shape index (κ3) is 2.82. The maximum absolute atomic E-state index is 11.1. The van der Waals surface area contributed by atoms with Crippen LogP contribution in [0.15, 0.2) is 18.2 Å². The lowest BCUT2D eigenvalue weighted by atomic mass is 9.99. The van der Waals surface area contributed by atoms with Crippen LogP contribution >= 0.6 is 0 Å². The van der Waals surface area contributed by atoms with Crippen LogP contribution in [-0.4, -0.2) is 34.3 Å². The van der Waals surface area contributed by atoms with Crippen LogP contribution in [0.3, 0.4) is 0 Å². The molecule has 1 aromatic rings. The van der Waals surface area contributed by atoms with Crippen molar-refractivity contribution in [2.24, 2.45) is 0 Å². The molecule has 2 N–H and O–H groups in total. The molecule has 98 valence electrons. The van der Waals surface area contributed by atoms with E-state index in [0.29, 0.717) is 5.56 Å². The van der Waals surface area contributed by atoms with E-state index in [1.807, 2.05) is 0 Å². The molecule has 0 saturated carbocycles. The summed E-state index contributed by atoms with van der Waals surface area (Å²) in [5, 5.41) is 29.9. The van der Waals surface area contributed by atoms with Crippen LogP contribution in [0.5, 0.6) is 0 Å². The summed E-state index contributed by atoms with van der Waals surface area (Å²) in [5.41, 5.74) is 0.407. The number of nitro benzene ring substituents is 1. The number of hydrogen-bond acceptors (Lipinski definition) is 6. The summed E-state index contributed by atoms with van der Waals surface area (Å²) in [6.45, 7) is 1.60. The molecule has 0 fully saturated rings. The Balaban J connectivity index is 3.11. The van der Waals surface area contributed by atoms with Crippen LogP contribution < -0.4 is 0 Å². The molecule has 18 heavy (non-hydrogen) atoms. The number of carbonyl (C=O) groups excluding carboxylic acids is 1. The number of carbonyl (C=O) groups is 1. The van der Waals surface area contributed by atoms with Gasteiger partial charge in [-0.1, -0.05) is 6.07 Å². The predicted molar refractivity (Wildman–Crippen MR) is 60.8 cm³/mol. The van der Waals surface area contributed by atoms with E-state index >= 15 is 0 Å². The fourth-order valence-corrected chi connectivity index (χ4v) is 1.48. The van der Waals surface area contributed by atoms with Crippen molar-refractivity contribution in [3.05, 3.63) is 39.4 Å². The summed E-state index contributed by atoms with van der Waals surface area (Å²) >= 11 is 0. The van der Waals surface area contributed by atoms with Crippen molar-refractivity contribution in [3.8, 4) is 0 Å². The average Bonchev–Trinajstić information content (AvgIpc) is 2.36. The highest BCUT2D eigenvalue weighted by atomic mass is 16.6. The van der Waals surface area contributed by atoms with Crippen molar-refractivity contribution in [3.63, 3.8) is 0 Å². The van der Waals surface area contributed by atoms with Gasteiger partial charge in [0.25, 0.3) is 5.69 Å². The van der Waals surface area contributed by atoms with Gasteiger partial charge in [-0.25, -0.2) is 4.79 Å². The molecule has 2 unspecified atom stereocenters. The van der Waals surface area contributed by atoms with E-state index in [1.165, 1.54) is 12.1 Å². The molecule has 0 aliphatic carbocycles. The first-order valence-corrected chi connectivity index (χ1v) is 5.07. The Morgan fingerprint density at radius 3 is 2.56 bits per heavy atom. The van der Waals surface area contributed by atoms with Crippen molar-refractivity contribution in [1.82, 2.24) is 0 Å². The van der Waals surface area contributed by atoms with E-state index in [-0.39, 0.29) is 11.3 Å². The van der Waals surface area contributed by atoms with Gasteiger partial charge in [0.15, 0.2) is 6.10 Å². The second kappa shape index (κ2) is 5.56. The van der Waals surface area contributed by atoms with Gasteiger partial charge < -0.3 is 14.9 Å². The molecule has 1 aromatic carbocycles. The Bertz CT molecular complexity index is 473. The lowest BCUT2D eigenvalue weighted by Gasteiger charge is -2.17. The topological polar surface area (TPSA) is 110 Å². The van der Waals surface area contributed by atoms with Crippen LogP contribution in [-0.2, 0) is 9.53 Å². The molecule has 2 atom stereocenters. The Kier molecular flexibility index (Phi) is 4.35. The number of hydrogen-bond donors (Lipinski definition) is 2. The highest BCUT2D eigenvalue weighted by Crippen LogP contribution is 2.25. The number of ether oxygens (including phenoxy) is 1. The SMILES string of the molecule is COC(=O)C(O)C(O)c1cc([N+](=O)[O-])ccc1C. The van der Waals surface area contributed by atoms with E-state index in [0.717, 1.165) is 13.2 Å². The summed E-state index contributed by atoms with van der Waals surface area (Å²) < 4.78 is 4.29. The van der Waals surface area contributed by atoms with E-state index < -0.39 is 23.1 Å². The van der Waals surface area contributed by atoms with E-state index in [2.05, 4.69) is 4.74 Å². The normalized spacial score (nSPS) is 13.8. The monoisotopic (exact) mass is 255 g/mol. The molecule has 1 rings (SSSR count). The lowest BCUT2D eigenvalue weighted by molar-refractivity contribution is -0.385. The van der Waals surface area contributed by atoms with Crippen molar-refractivity contribution in [2.75, 3.05) is 7.11 Å². The summed E-state index contributed by atoms with van der Waals surface area (Å²) in [5.74, 6) is -1.01. The molecule has 0 bridgehead atoms. The minimum Gasteiger partial charge on any atom is -0.467 e. The molecule has 0 saturated heterocycles. The standard InChI is InChI=1S/C11H13NO6/c1-6-3-4-7(12(16)17)5-8(6)9(13)10(14)11(15)18-2/h3-5,9-10,13-14H,1-2H3. The van der Waals surface area contributed by atoms with Gasteiger partial charge in [-0.2, -0.15) is 0 Å². The summed E-state index contributed by atoms with van der Waals surface area (Å²) in [4.78, 5) is 21.1. The van der Waals surface area contributed by atoms with Crippen molar-refractivity contribution < 1.29 is 24.7 Å². The fraction of sp³-hybridized carbons (Fsp3) is 0.364. The number of nitro groups is 1. The zero-order valence-electron chi connectivity index (χ0n) is 9.86. The maximum atomic E-state index is 11.1. The van der Waals surface area contributed by atoms with Gasteiger partial charge in [-0.3, -0.25) is 10.1 Å². The Labute approximate surface area is 103 Å². The first kappa shape index (κ1) is 14.1. The van der Waals surface area contributed by atoms with E-state index in [1.54, 1.807) is 6.92 Å². The molecule has 0 heterocycles. The zero-order valence-corrected chi connectivity index (χ0v) is 9.86. The molecular formula is C11H13NO6. The highest BCUT2D eigenvalue weighted by Gasteiger charge is 2.28. The third-order valence-corrected chi connectivity index (χ3v) is 2.53. The average molecular weight is 255 g/mol. The van der Waals surface area contributed by atoms with Crippen LogP contribution in [0.2, 0.25) is 0 Å². The van der Waals surface area contributed by atoms with Gasteiger partial charge in [0.2, 0.25) is 0 Å². The van der Waals surface area contributed by atoms with Crippen molar-refractivity contribution in [1.29, 1.82) is 0 Å². The lowest BCUT2D eigenvalue weighted by Crippen LogP contribution is -2.29. The molecular weight excluding hydrogens is 242 g/mol. The Hall–Kier alpha value is -1.99. The fourth-order valence-electron chi connectivity index (χ4n) is 1.48.